The quantitative estimate of drug-likeness (QED) is 0.728. The zero-order valence-corrected chi connectivity index (χ0v) is 9.70. The lowest BCUT2D eigenvalue weighted by Crippen LogP contribution is -2.17. The molecule has 2 nitrogen and oxygen atoms in total. The van der Waals surface area contributed by atoms with Crippen molar-refractivity contribution >= 4 is 0 Å². The standard InChI is InChI=1S/C13H21NO/c1-3-4-8-15-10-13(14)12-7-5-6-11(2)9-12/h5-7,9,13H,3-4,8,10,14H2,1-2H3. The third-order valence-corrected chi connectivity index (χ3v) is 2.41. The summed E-state index contributed by atoms with van der Waals surface area (Å²) in [6.45, 7) is 5.66. The minimum absolute atomic E-state index is 0.00163. The molecule has 2 N–H and O–H groups in total. The highest BCUT2D eigenvalue weighted by molar-refractivity contribution is 5.24. The van der Waals surface area contributed by atoms with Gasteiger partial charge in [0, 0.05) is 6.61 Å². The van der Waals surface area contributed by atoms with Crippen LogP contribution in [0.25, 0.3) is 0 Å². The summed E-state index contributed by atoms with van der Waals surface area (Å²) in [5.41, 5.74) is 8.43. The van der Waals surface area contributed by atoms with Gasteiger partial charge in [-0.05, 0) is 18.9 Å². The Balaban J connectivity index is 2.36. The van der Waals surface area contributed by atoms with Crippen LogP contribution in [-0.4, -0.2) is 13.2 Å². The second-order valence-electron chi connectivity index (χ2n) is 3.95. The largest absolute Gasteiger partial charge is 0.379 e. The third kappa shape index (κ3) is 4.45. The van der Waals surface area contributed by atoms with E-state index >= 15 is 0 Å². The molecular formula is C13H21NO. The van der Waals surface area contributed by atoms with E-state index in [0.717, 1.165) is 18.6 Å². The van der Waals surface area contributed by atoms with Gasteiger partial charge in [0.2, 0.25) is 0 Å². The van der Waals surface area contributed by atoms with E-state index in [9.17, 15) is 0 Å². The van der Waals surface area contributed by atoms with Crippen LogP contribution in [0.2, 0.25) is 0 Å². The Labute approximate surface area is 92.4 Å². The Morgan fingerprint density at radius 3 is 2.87 bits per heavy atom. The summed E-state index contributed by atoms with van der Waals surface area (Å²) in [7, 11) is 0. The predicted octanol–water partition coefficient (Wildman–Crippen LogP) is 2.81. The molecule has 1 aromatic carbocycles. The van der Waals surface area contributed by atoms with E-state index in [1.165, 1.54) is 12.0 Å². The SMILES string of the molecule is CCCCOCC(N)c1cccc(C)c1. The molecule has 1 rings (SSSR count). The summed E-state index contributed by atoms with van der Waals surface area (Å²) in [4.78, 5) is 0. The molecule has 0 radical (unpaired) electrons. The maximum atomic E-state index is 6.02. The monoisotopic (exact) mass is 207 g/mol. The van der Waals surface area contributed by atoms with Crippen molar-refractivity contribution in [2.24, 2.45) is 5.73 Å². The zero-order valence-electron chi connectivity index (χ0n) is 9.70. The molecule has 1 atom stereocenters. The van der Waals surface area contributed by atoms with Gasteiger partial charge in [0.05, 0.1) is 12.6 Å². The maximum Gasteiger partial charge on any atom is 0.0659 e. The molecule has 0 aromatic heterocycles. The average Bonchev–Trinajstić information content (AvgIpc) is 2.24. The van der Waals surface area contributed by atoms with E-state index in [1.807, 2.05) is 6.07 Å². The molecule has 0 spiro atoms. The van der Waals surface area contributed by atoms with Crippen molar-refractivity contribution in [2.45, 2.75) is 32.7 Å². The Morgan fingerprint density at radius 1 is 1.40 bits per heavy atom. The first kappa shape index (κ1) is 12.2. The average molecular weight is 207 g/mol. The first-order valence-corrected chi connectivity index (χ1v) is 5.64. The van der Waals surface area contributed by atoms with Crippen molar-refractivity contribution in [3.63, 3.8) is 0 Å². The minimum atomic E-state index is 0.00163. The molecule has 0 aliphatic heterocycles. The van der Waals surface area contributed by atoms with E-state index in [-0.39, 0.29) is 6.04 Å². The van der Waals surface area contributed by atoms with Gasteiger partial charge in [-0.3, -0.25) is 0 Å². The van der Waals surface area contributed by atoms with Gasteiger partial charge in [-0.2, -0.15) is 0 Å². The second kappa shape index (κ2) is 6.59. The fourth-order valence-electron chi connectivity index (χ4n) is 1.45. The Hall–Kier alpha value is -0.860. The summed E-state index contributed by atoms with van der Waals surface area (Å²) >= 11 is 0. The number of ether oxygens (including phenoxy) is 1. The summed E-state index contributed by atoms with van der Waals surface area (Å²) in [6, 6.07) is 8.29. The van der Waals surface area contributed by atoms with Gasteiger partial charge in [0.25, 0.3) is 0 Å². The lowest BCUT2D eigenvalue weighted by molar-refractivity contribution is 0.118. The molecule has 15 heavy (non-hydrogen) atoms. The van der Waals surface area contributed by atoms with Crippen LogP contribution in [-0.2, 0) is 4.74 Å². The number of aryl methyl sites for hydroxylation is 1. The molecule has 1 unspecified atom stereocenters. The molecule has 0 bridgehead atoms. The highest BCUT2D eigenvalue weighted by Crippen LogP contribution is 2.12. The van der Waals surface area contributed by atoms with Crippen molar-refractivity contribution < 1.29 is 4.74 Å². The predicted molar refractivity (Wildman–Crippen MR) is 63.8 cm³/mol. The maximum absolute atomic E-state index is 6.02. The van der Waals surface area contributed by atoms with Gasteiger partial charge >= 0.3 is 0 Å². The van der Waals surface area contributed by atoms with Gasteiger partial charge < -0.3 is 10.5 Å². The molecule has 0 aliphatic carbocycles. The van der Waals surface area contributed by atoms with Crippen LogP contribution in [0.3, 0.4) is 0 Å². The Bertz CT molecular complexity index is 286. The number of hydrogen-bond acceptors (Lipinski definition) is 2. The van der Waals surface area contributed by atoms with Gasteiger partial charge in [-0.1, -0.05) is 43.2 Å². The van der Waals surface area contributed by atoms with Crippen LogP contribution in [0, 0.1) is 6.92 Å². The number of nitrogens with two attached hydrogens (primary N) is 1. The van der Waals surface area contributed by atoms with E-state index in [0.29, 0.717) is 6.61 Å². The second-order valence-corrected chi connectivity index (χ2v) is 3.95. The number of benzene rings is 1. The van der Waals surface area contributed by atoms with E-state index < -0.39 is 0 Å². The highest BCUT2D eigenvalue weighted by Gasteiger charge is 2.05. The lowest BCUT2D eigenvalue weighted by Gasteiger charge is -2.12. The van der Waals surface area contributed by atoms with E-state index in [4.69, 9.17) is 10.5 Å². The van der Waals surface area contributed by atoms with Crippen molar-refractivity contribution in [1.29, 1.82) is 0 Å². The summed E-state index contributed by atoms with van der Waals surface area (Å²) in [5.74, 6) is 0. The molecule has 84 valence electrons. The fourth-order valence-corrected chi connectivity index (χ4v) is 1.45. The molecule has 0 aliphatic rings. The summed E-state index contributed by atoms with van der Waals surface area (Å²) in [6.07, 6.45) is 2.28. The first-order valence-electron chi connectivity index (χ1n) is 5.64. The number of unbranched alkanes of at least 4 members (excludes halogenated alkanes) is 1. The zero-order chi connectivity index (χ0) is 11.1. The lowest BCUT2D eigenvalue weighted by atomic mass is 10.1. The minimum Gasteiger partial charge on any atom is -0.379 e. The summed E-state index contributed by atoms with van der Waals surface area (Å²) in [5, 5.41) is 0. The van der Waals surface area contributed by atoms with Gasteiger partial charge in [0.15, 0.2) is 0 Å². The molecule has 2 heteroatoms. The molecule has 0 fully saturated rings. The molecule has 1 aromatic rings. The number of rotatable bonds is 6. The molecule has 0 heterocycles. The van der Waals surface area contributed by atoms with Crippen LogP contribution < -0.4 is 5.73 Å². The molecule has 0 saturated heterocycles. The van der Waals surface area contributed by atoms with Crippen LogP contribution >= 0.6 is 0 Å². The van der Waals surface area contributed by atoms with Crippen LogP contribution in [0.15, 0.2) is 24.3 Å². The topological polar surface area (TPSA) is 35.2 Å². The first-order chi connectivity index (χ1) is 7.24. The summed E-state index contributed by atoms with van der Waals surface area (Å²) < 4.78 is 5.51. The fraction of sp³-hybridized carbons (Fsp3) is 0.538. The number of hydrogen-bond donors (Lipinski definition) is 1. The Kier molecular flexibility index (Phi) is 5.37. The van der Waals surface area contributed by atoms with Crippen molar-refractivity contribution in [3.8, 4) is 0 Å². The molecular weight excluding hydrogens is 186 g/mol. The molecule has 0 saturated carbocycles. The van der Waals surface area contributed by atoms with Gasteiger partial charge in [-0.15, -0.1) is 0 Å². The normalized spacial score (nSPS) is 12.7. The van der Waals surface area contributed by atoms with Crippen molar-refractivity contribution in [3.05, 3.63) is 35.4 Å². The Morgan fingerprint density at radius 2 is 2.20 bits per heavy atom. The van der Waals surface area contributed by atoms with E-state index in [2.05, 4.69) is 32.0 Å². The third-order valence-electron chi connectivity index (χ3n) is 2.41. The van der Waals surface area contributed by atoms with Gasteiger partial charge in [-0.25, -0.2) is 0 Å². The highest BCUT2D eigenvalue weighted by atomic mass is 16.5. The molecule has 0 amide bonds. The van der Waals surface area contributed by atoms with Crippen LogP contribution in [0.5, 0.6) is 0 Å². The van der Waals surface area contributed by atoms with E-state index in [1.54, 1.807) is 0 Å². The van der Waals surface area contributed by atoms with Crippen LogP contribution in [0.4, 0.5) is 0 Å². The van der Waals surface area contributed by atoms with Crippen molar-refractivity contribution in [2.75, 3.05) is 13.2 Å². The smallest absolute Gasteiger partial charge is 0.0659 e. The van der Waals surface area contributed by atoms with Gasteiger partial charge in [0.1, 0.15) is 0 Å². The van der Waals surface area contributed by atoms with Crippen LogP contribution in [0.1, 0.15) is 36.9 Å². The van der Waals surface area contributed by atoms with Crippen molar-refractivity contribution in [1.82, 2.24) is 0 Å².